The second kappa shape index (κ2) is 6.91. The minimum absolute atomic E-state index is 0.0662. The fourth-order valence-electron chi connectivity index (χ4n) is 2.38. The van der Waals surface area contributed by atoms with E-state index in [4.69, 9.17) is 0 Å². The van der Waals surface area contributed by atoms with Gasteiger partial charge in [0, 0.05) is 13.1 Å². The van der Waals surface area contributed by atoms with Crippen LogP contribution in [0.5, 0.6) is 0 Å². The van der Waals surface area contributed by atoms with Gasteiger partial charge >= 0.3 is 5.97 Å². The van der Waals surface area contributed by atoms with E-state index >= 15 is 0 Å². The van der Waals surface area contributed by atoms with Gasteiger partial charge < -0.3 is 9.64 Å². The maximum absolute atomic E-state index is 12.3. The van der Waals surface area contributed by atoms with Gasteiger partial charge in [-0.2, -0.15) is 8.42 Å². The van der Waals surface area contributed by atoms with Crippen LogP contribution in [0.25, 0.3) is 0 Å². The highest BCUT2D eigenvalue weighted by Crippen LogP contribution is 2.16. The van der Waals surface area contributed by atoms with Crippen molar-refractivity contribution in [3.8, 4) is 0 Å². The summed E-state index contributed by atoms with van der Waals surface area (Å²) in [6, 6.07) is 5.58. The number of esters is 1. The number of benzene rings is 1. The first-order valence-electron chi connectivity index (χ1n) is 7.19. The maximum Gasteiger partial charge on any atom is 0.337 e. The molecule has 1 aromatic carbocycles. The zero-order valence-electron chi connectivity index (χ0n) is 12.8. The molecule has 0 amide bonds. The lowest BCUT2D eigenvalue weighted by Gasteiger charge is -2.27. The fourth-order valence-corrected chi connectivity index (χ4v) is 3.43. The van der Waals surface area contributed by atoms with Gasteiger partial charge in [-0.1, -0.05) is 0 Å². The molecule has 0 spiro atoms. The summed E-state index contributed by atoms with van der Waals surface area (Å²) in [6.45, 7) is 3.39. The number of hydrogen-bond acceptors (Lipinski definition) is 4. The van der Waals surface area contributed by atoms with E-state index in [9.17, 15) is 13.2 Å². The molecule has 0 saturated carbocycles. The smallest absolute Gasteiger partial charge is 0.337 e. The van der Waals surface area contributed by atoms with E-state index in [0.29, 0.717) is 11.4 Å². The molecule has 1 aliphatic rings. The number of nitrogens with zero attached hydrogens (tertiary/aromatic N) is 2. The Morgan fingerprint density at radius 1 is 1.14 bits per heavy atom. The molecule has 22 heavy (non-hydrogen) atoms. The summed E-state index contributed by atoms with van der Waals surface area (Å²) >= 11 is 0. The molecule has 0 N–H and O–H groups in total. The highest BCUT2D eigenvalue weighted by Gasteiger charge is 2.18. The van der Waals surface area contributed by atoms with Crippen LogP contribution >= 0.6 is 0 Å². The number of carbonyl (C=O) groups excluding carboxylic acids is 1. The largest absolute Gasteiger partial charge is 0.465 e. The molecule has 6 nitrogen and oxygen atoms in total. The summed E-state index contributed by atoms with van der Waals surface area (Å²) in [5.41, 5.74) is 0.304. The van der Waals surface area contributed by atoms with Crippen LogP contribution in [0.2, 0.25) is 0 Å². The van der Waals surface area contributed by atoms with Crippen molar-refractivity contribution in [2.75, 3.05) is 20.2 Å². The average molecular weight is 324 g/mol. The molecule has 1 saturated heterocycles. The number of hydrogen-bond donors (Lipinski definition) is 0. The van der Waals surface area contributed by atoms with Crippen LogP contribution in [0.15, 0.2) is 33.6 Å². The summed E-state index contributed by atoms with van der Waals surface area (Å²) in [6.07, 6.45) is 3.28. The molecular formula is C15H20N2O4S. The molecule has 2 rings (SSSR count). The molecule has 0 aliphatic carbocycles. The van der Waals surface area contributed by atoms with E-state index in [0.717, 1.165) is 25.9 Å². The molecule has 1 aromatic rings. The number of methoxy groups -OCH3 is 1. The third-order valence-electron chi connectivity index (χ3n) is 3.64. The molecule has 0 atom stereocenters. The highest BCUT2D eigenvalue weighted by molar-refractivity contribution is 7.90. The van der Waals surface area contributed by atoms with Gasteiger partial charge in [0.2, 0.25) is 0 Å². The molecule has 120 valence electrons. The lowest BCUT2D eigenvalue weighted by molar-refractivity contribution is 0.0600. The van der Waals surface area contributed by atoms with Crippen LogP contribution in [0.1, 0.15) is 36.5 Å². The predicted molar refractivity (Wildman–Crippen MR) is 83.5 cm³/mol. The Morgan fingerprint density at radius 2 is 1.73 bits per heavy atom. The van der Waals surface area contributed by atoms with Crippen molar-refractivity contribution in [2.45, 2.75) is 31.1 Å². The Kier molecular flexibility index (Phi) is 5.18. The topological polar surface area (TPSA) is 76.0 Å². The Hall–Kier alpha value is -1.89. The van der Waals surface area contributed by atoms with Crippen molar-refractivity contribution in [3.05, 3.63) is 29.8 Å². The van der Waals surface area contributed by atoms with Crippen LogP contribution in [0.3, 0.4) is 0 Å². The van der Waals surface area contributed by atoms with Gasteiger partial charge in [0.05, 0.1) is 17.6 Å². The number of rotatable bonds is 3. The molecule has 7 heteroatoms. The van der Waals surface area contributed by atoms with Crippen molar-refractivity contribution in [2.24, 2.45) is 4.40 Å². The molecular weight excluding hydrogens is 304 g/mol. The second-order valence-electron chi connectivity index (χ2n) is 5.18. The molecule has 1 heterocycles. The third kappa shape index (κ3) is 3.85. The summed E-state index contributed by atoms with van der Waals surface area (Å²) in [4.78, 5) is 13.4. The summed E-state index contributed by atoms with van der Waals surface area (Å²) in [7, 11) is -2.49. The van der Waals surface area contributed by atoms with Gasteiger partial charge in [-0.15, -0.1) is 4.40 Å². The fraction of sp³-hybridized carbons (Fsp3) is 0.467. The number of sulfonamides is 1. The second-order valence-corrected chi connectivity index (χ2v) is 6.78. The first-order chi connectivity index (χ1) is 10.4. The maximum atomic E-state index is 12.3. The molecule has 0 bridgehead atoms. The number of amidine groups is 1. The molecule has 0 radical (unpaired) electrons. The first-order valence-corrected chi connectivity index (χ1v) is 8.63. The minimum Gasteiger partial charge on any atom is -0.465 e. The quantitative estimate of drug-likeness (QED) is 0.483. The SMILES string of the molecule is COC(=O)c1ccc(S(=O)(=O)N=C(C)N2CCCCC2)cc1. The summed E-state index contributed by atoms with van der Waals surface area (Å²) < 4.78 is 33.1. The first kappa shape index (κ1) is 16.5. The van der Waals surface area contributed by atoms with Crippen LogP contribution in [0, 0.1) is 0 Å². The van der Waals surface area contributed by atoms with E-state index in [1.54, 1.807) is 6.92 Å². The van der Waals surface area contributed by atoms with E-state index < -0.39 is 16.0 Å². The Bertz CT molecular complexity index is 659. The van der Waals surface area contributed by atoms with Gasteiger partial charge in [-0.05, 0) is 50.5 Å². The van der Waals surface area contributed by atoms with Crippen molar-refractivity contribution >= 4 is 21.8 Å². The standard InChI is InChI=1S/C15H20N2O4S/c1-12(17-10-4-3-5-11-17)16-22(19,20)14-8-6-13(7-9-14)15(18)21-2/h6-9H,3-5,10-11H2,1-2H3. The Balaban J connectivity index is 2.20. The van der Waals surface area contributed by atoms with Crippen molar-refractivity contribution < 1.29 is 17.9 Å². The molecule has 0 unspecified atom stereocenters. The van der Waals surface area contributed by atoms with Gasteiger partial charge in [0.25, 0.3) is 10.0 Å². The highest BCUT2D eigenvalue weighted by atomic mass is 32.2. The monoisotopic (exact) mass is 324 g/mol. The summed E-state index contributed by atoms with van der Waals surface area (Å²) in [5.74, 6) is 0.00805. The van der Waals surface area contributed by atoms with Crippen molar-refractivity contribution in [1.29, 1.82) is 0 Å². The zero-order chi connectivity index (χ0) is 16.2. The van der Waals surface area contributed by atoms with Crippen molar-refractivity contribution in [3.63, 3.8) is 0 Å². The number of piperidine rings is 1. The van der Waals surface area contributed by atoms with E-state index in [2.05, 4.69) is 9.13 Å². The van der Waals surface area contributed by atoms with E-state index in [1.807, 2.05) is 4.90 Å². The third-order valence-corrected chi connectivity index (χ3v) is 5.01. The van der Waals surface area contributed by atoms with E-state index in [1.165, 1.54) is 37.8 Å². The lowest BCUT2D eigenvalue weighted by atomic mass is 10.1. The van der Waals surface area contributed by atoms with Gasteiger partial charge in [-0.3, -0.25) is 0 Å². The van der Waals surface area contributed by atoms with E-state index in [-0.39, 0.29) is 4.90 Å². The van der Waals surface area contributed by atoms with Gasteiger partial charge in [-0.25, -0.2) is 4.79 Å². The molecule has 1 aliphatic heterocycles. The van der Waals surface area contributed by atoms with Gasteiger partial charge in [0.15, 0.2) is 0 Å². The average Bonchev–Trinajstić information content (AvgIpc) is 2.54. The molecule has 1 fully saturated rings. The number of likely N-dealkylation sites (tertiary alicyclic amines) is 1. The van der Waals surface area contributed by atoms with Gasteiger partial charge in [0.1, 0.15) is 5.84 Å². The minimum atomic E-state index is -3.76. The Labute approximate surface area is 130 Å². The van der Waals surface area contributed by atoms with Crippen LogP contribution in [-0.2, 0) is 14.8 Å². The number of carbonyl (C=O) groups is 1. The lowest BCUT2D eigenvalue weighted by Crippen LogP contribution is -2.34. The van der Waals surface area contributed by atoms with Crippen LogP contribution in [-0.4, -0.2) is 45.3 Å². The zero-order valence-corrected chi connectivity index (χ0v) is 13.6. The van der Waals surface area contributed by atoms with Crippen LogP contribution < -0.4 is 0 Å². The number of ether oxygens (including phenoxy) is 1. The normalized spacial score (nSPS) is 16.5. The van der Waals surface area contributed by atoms with Crippen LogP contribution in [0.4, 0.5) is 0 Å². The van der Waals surface area contributed by atoms with Crippen molar-refractivity contribution in [1.82, 2.24) is 4.90 Å². The molecule has 0 aromatic heterocycles. The summed E-state index contributed by atoms with van der Waals surface area (Å²) in [5, 5.41) is 0. The Morgan fingerprint density at radius 3 is 2.27 bits per heavy atom. The predicted octanol–water partition coefficient (Wildman–Crippen LogP) is 2.07.